The van der Waals surface area contributed by atoms with Crippen LogP contribution in [0, 0.1) is 18.7 Å². The standard InChI is InChI=1S/C17H21FN2O/c1-11-8-16(14-9-13(18)6-7-15(14)20-11)19-10-17(21)12-4-2-3-5-12/h6-9,12,17,21H,2-5,10H2,1H3,(H,19,20). The zero-order chi connectivity index (χ0) is 14.8. The summed E-state index contributed by atoms with van der Waals surface area (Å²) in [6.45, 7) is 2.42. The second-order valence-corrected chi connectivity index (χ2v) is 5.97. The van der Waals surface area contributed by atoms with Gasteiger partial charge in [0.2, 0.25) is 0 Å². The Morgan fingerprint density at radius 1 is 1.33 bits per heavy atom. The zero-order valence-corrected chi connectivity index (χ0v) is 12.3. The molecule has 1 aromatic carbocycles. The number of aromatic nitrogens is 1. The van der Waals surface area contributed by atoms with Gasteiger partial charge in [0.15, 0.2) is 0 Å². The zero-order valence-electron chi connectivity index (χ0n) is 12.3. The number of nitrogens with zero attached hydrogens (tertiary/aromatic N) is 1. The van der Waals surface area contributed by atoms with E-state index in [-0.39, 0.29) is 11.9 Å². The van der Waals surface area contributed by atoms with E-state index in [1.165, 1.54) is 25.0 Å². The molecule has 21 heavy (non-hydrogen) atoms. The second-order valence-electron chi connectivity index (χ2n) is 5.97. The predicted molar refractivity (Wildman–Crippen MR) is 82.9 cm³/mol. The second kappa shape index (κ2) is 5.98. The Kier molecular flexibility index (Phi) is 4.06. The van der Waals surface area contributed by atoms with E-state index in [9.17, 15) is 9.50 Å². The monoisotopic (exact) mass is 288 g/mol. The number of pyridine rings is 1. The maximum atomic E-state index is 13.5. The first-order chi connectivity index (χ1) is 10.1. The molecule has 0 radical (unpaired) electrons. The lowest BCUT2D eigenvalue weighted by atomic mass is 10.0. The molecular weight excluding hydrogens is 267 g/mol. The van der Waals surface area contributed by atoms with Crippen molar-refractivity contribution >= 4 is 16.6 Å². The lowest BCUT2D eigenvalue weighted by Crippen LogP contribution is -2.26. The highest BCUT2D eigenvalue weighted by molar-refractivity contribution is 5.91. The average Bonchev–Trinajstić information content (AvgIpc) is 2.99. The molecule has 1 saturated carbocycles. The van der Waals surface area contributed by atoms with Gasteiger partial charge < -0.3 is 10.4 Å². The van der Waals surface area contributed by atoms with Gasteiger partial charge in [-0.1, -0.05) is 12.8 Å². The van der Waals surface area contributed by atoms with Gasteiger partial charge in [0.05, 0.1) is 11.6 Å². The summed E-state index contributed by atoms with van der Waals surface area (Å²) in [4.78, 5) is 4.41. The van der Waals surface area contributed by atoms with Crippen LogP contribution in [0.3, 0.4) is 0 Å². The summed E-state index contributed by atoms with van der Waals surface area (Å²) in [5.41, 5.74) is 2.50. The molecule has 1 aliphatic rings. The molecule has 0 bridgehead atoms. The van der Waals surface area contributed by atoms with Crippen molar-refractivity contribution < 1.29 is 9.50 Å². The van der Waals surface area contributed by atoms with Gasteiger partial charge in [-0.15, -0.1) is 0 Å². The van der Waals surface area contributed by atoms with Gasteiger partial charge in [0, 0.05) is 23.3 Å². The highest BCUT2D eigenvalue weighted by Gasteiger charge is 2.23. The number of nitrogens with one attached hydrogen (secondary N) is 1. The van der Waals surface area contributed by atoms with E-state index in [1.807, 2.05) is 13.0 Å². The van der Waals surface area contributed by atoms with Gasteiger partial charge in [-0.2, -0.15) is 0 Å². The lowest BCUT2D eigenvalue weighted by Gasteiger charge is -2.19. The first kappa shape index (κ1) is 14.3. The highest BCUT2D eigenvalue weighted by atomic mass is 19.1. The van der Waals surface area contributed by atoms with Crippen molar-refractivity contribution in [3.8, 4) is 0 Å². The molecule has 2 aromatic rings. The van der Waals surface area contributed by atoms with Crippen LogP contribution in [0.2, 0.25) is 0 Å². The third kappa shape index (κ3) is 3.16. The number of rotatable bonds is 4. The summed E-state index contributed by atoms with van der Waals surface area (Å²) in [7, 11) is 0. The Morgan fingerprint density at radius 2 is 2.10 bits per heavy atom. The van der Waals surface area contributed by atoms with Crippen molar-refractivity contribution in [1.29, 1.82) is 0 Å². The summed E-state index contributed by atoms with van der Waals surface area (Å²) in [6.07, 6.45) is 4.29. The number of hydrogen-bond donors (Lipinski definition) is 2. The molecule has 1 aliphatic carbocycles. The fraction of sp³-hybridized carbons (Fsp3) is 0.471. The van der Waals surface area contributed by atoms with Gasteiger partial charge in [0.25, 0.3) is 0 Å². The number of aliphatic hydroxyl groups is 1. The Labute approximate surface area is 124 Å². The van der Waals surface area contributed by atoms with Gasteiger partial charge in [-0.25, -0.2) is 4.39 Å². The summed E-state index contributed by atoms with van der Waals surface area (Å²) in [6, 6.07) is 6.51. The number of hydrogen-bond acceptors (Lipinski definition) is 3. The molecule has 4 heteroatoms. The molecule has 3 rings (SSSR count). The molecule has 1 fully saturated rings. The predicted octanol–water partition coefficient (Wildman–Crippen LogP) is 3.65. The topological polar surface area (TPSA) is 45.1 Å². The quantitative estimate of drug-likeness (QED) is 0.902. The first-order valence-electron chi connectivity index (χ1n) is 7.62. The van der Waals surface area contributed by atoms with Crippen LogP contribution < -0.4 is 5.32 Å². The lowest BCUT2D eigenvalue weighted by molar-refractivity contribution is 0.123. The molecule has 0 saturated heterocycles. The number of aryl methyl sites for hydroxylation is 1. The van der Waals surface area contributed by atoms with E-state index < -0.39 is 0 Å². The van der Waals surface area contributed by atoms with E-state index >= 15 is 0 Å². The SMILES string of the molecule is Cc1cc(NCC(O)C2CCCC2)c2cc(F)ccc2n1. The highest BCUT2D eigenvalue weighted by Crippen LogP contribution is 2.29. The molecule has 112 valence electrons. The molecule has 0 aliphatic heterocycles. The van der Waals surface area contributed by atoms with Crippen molar-refractivity contribution in [3.63, 3.8) is 0 Å². The number of halogens is 1. The van der Waals surface area contributed by atoms with Crippen LogP contribution >= 0.6 is 0 Å². The molecule has 0 spiro atoms. The number of anilines is 1. The molecule has 1 aromatic heterocycles. The molecular formula is C17H21FN2O. The maximum absolute atomic E-state index is 13.5. The molecule has 1 unspecified atom stereocenters. The van der Waals surface area contributed by atoms with Crippen molar-refractivity contribution in [1.82, 2.24) is 4.98 Å². The molecule has 1 heterocycles. The van der Waals surface area contributed by atoms with E-state index in [0.717, 1.165) is 35.1 Å². The van der Waals surface area contributed by atoms with Gasteiger partial charge in [-0.05, 0) is 49.9 Å². The normalized spacial score (nSPS) is 17.3. The van der Waals surface area contributed by atoms with Crippen LogP contribution in [0.5, 0.6) is 0 Å². The average molecular weight is 288 g/mol. The van der Waals surface area contributed by atoms with Crippen LogP contribution in [-0.2, 0) is 0 Å². The van der Waals surface area contributed by atoms with E-state index in [2.05, 4.69) is 10.3 Å². The Morgan fingerprint density at radius 3 is 2.86 bits per heavy atom. The maximum Gasteiger partial charge on any atom is 0.124 e. The van der Waals surface area contributed by atoms with Crippen LogP contribution in [0.4, 0.5) is 10.1 Å². The molecule has 2 N–H and O–H groups in total. The number of benzene rings is 1. The fourth-order valence-corrected chi connectivity index (χ4v) is 3.20. The third-order valence-electron chi connectivity index (χ3n) is 4.34. The first-order valence-corrected chi connectivity index (χ1v) is 7.62. The minimum absolute atomic E-state index is 0.271. The van der Waals surface area contributed by atoms with Crippen LogP contribution in [0.1, 0.15) is 31.4 Å². The molecule has 1 atom stereocenters. The number of fused-ring (bicyclic) bond motifs is 1. The molecule has 3 nitrogen and oxygen atoms in total. The third-order valence-corrected chi connectivity index (χ3v) is 4.34. The minimum Gasteiger partial charge on any atom is -0.391 e. The largest absolute Gasteiger partial charge is 0.391 e. The van der Waals surface area contributed by atoms with Gasteiger partial charge in [-0.3, -0.25) is 4.98 Å². The van der Waals surface area contributed by atoms with Crippen LogP contribution in [0.15, 0.2) is 24.3 Å². The number of aliphatic hydroxyl groups excluding tert-OH is 1. The smallest absolute Gasteiger partial charge is 0.124 e. The Bertz CT molecular complexity index is 638. The van der Waals surface area contributed by atoms with Crippen LogP contribution in [0.25, 0.3) is 10.9 Å². The summed E-state index contributed by atoms with van der Waals surface area (Å²) < 4.78 is 13.5. The van der Waals surface area contributed by atoms with Gasteiger partial charge >= 0.3 is 0 Å². The van der Waals surface area contributed by atoms with Crippen molar-refractivity contribution in [2.75, 3.05) is 11.9 Å². The van der Waals surface area contributed by atoms with E-state index in [0.29, 0.717) is 12.5 Å². The summed E-state index contributed by atoms with van der Waals surface area (Å²) >= 11 is 0. The Balaban J connectivity index is 1.80. The van der Waals surface area contributed by atoms with Crippen molar-refractivity contribution in [3.05, 3.63) is 35.8 Å². The van der Waals surface area contributed by atoms with Crippen molar-refractivity contribution in [2.45, 2.75) is 38.7 Å². The Hall–Kier alpha value is -1.68. The summed E-state index contributed by atoms with van der Waals surface area (Å²) in [5, 5.41) is 14.3. The molecule has 0 amide bonds. The minimum atomic E-state index is -0.343. The fourth-order valence-electron chi connectivity index (χ4n) is 3.20. The summed E-state index contributed by atoms with van der Waals surface area (Å²) in [5.74, 6) is 0.121. The van der Waals surface area contributed by atoms with Crippen LogP contribution in [-0.4, -0.2) is 22.7 Å². The van der Waals surface area contributed by atoms with E-state index in [4.69, 9.17) is 0 Å². The van der Waals surface area contributed by atoms with Crippen molar-refractivity contribution in [2.24, 2.45) is 5.92 Å². The van der Waals surface area contributed by atoms with E-state index in [1.54, 1.807) is 6.07 Å². The van der Waals surface area contributed by atoms with Gasteiger partial charge in [0.1, 0.15) is 5.82 Å².